The zero-order chi connectivity index (χ0) is 18.0. The molecule has 0 saturated heterocycles. The quantitative estimate of drug-likeness (QED) is 0.306. The standard InChI is InChI=1S/C20H8O4S2/c21-17-13-7-11-5-9-3-1-2-4-10(9)6-12(11)8-14(13)18(22)16-15(17)19(23)25-26-20(16)24/h1-8H. The molecule has 3 aromatic carbocycles. The second kappa shape index (κ2) is 5.27. The Bertz CT molecular complexity index is 1300. The predicted octanol–water partition coefficient (Wildman–Crippen LogP) is 3.61. The van der Waals surface area contributed by atoms with Crippen LogP contribution in [0.2, 0.25) is 0 Å². The first-order valence-corrected chi connectivity index (χ1v) is 9.93. The minimum atomic E-state index is -0.546. The molecule has 0 atom stereocenters. The lowest BCUT2D eigenvalue weighted by Crippen LogP contribution is -2.31. The summed E-state index contributed by atoms with van der Waals surface area (Å²) in [4.78, 5) is 50.0. The van der Waals surface area contributed by atoms with Gasteiger partial charge in [-0.3, -0.25) is 19.2 Å². The first kappa shape index (κ1) is 15.3. The van der Waals surface area contributed by atoms with E-state index in [0.29, 0.717) is 20.7 Å². The molecule has 6 heteroatoms. The van der Waals surface area contributed by atoms with Crippen molar-refractivity contribution in [2.24, 2.45) is 0 Å². The maximum Gasteiger partial charge on any atom is 0.254 e. The van der Waals surface area contributed by atoms with Gasteiger partial charge in [0.05, 0.1) is 11.1 Å². The van der Waals surface area contributed by atoms with Gasteiger partial charge in [-0.15, -0.1) is 0 Å². The molecule has 0 aliphatic heterocycles. The van der Waals surface area contributed by atoms with Gasteiger partial charge >= 0.3 is 0 Å². The molecule has 124 valence electrons. The lowest BCUT2D eigenvalue weighted by molar-refractivity contribution is 0.0978. The SMILES string of the molecule is O=C1c2cc3cc4ccccc4cc3cc2C(=O)c2c1c(=O)ssc2=O. The molecule has 0 saturated carbocycles. The summed E-state index contributed by atoms with van der Waals surface area (Å²) in [5, 5.41) is 3.66. The van der Waals surface area contributed by atoms with E-state index in [1.54, 1.807) is 12.1 Å². The Morgan fingerprint density at radius 3 is 1.38 bits per heavy atom. The third-order valence-corrected chi connectivity index (χ3v) is 6.59. The van der Waals surface area contributed by atoms with Crippen molar-refractivity contribution in [3.63, 3.8) is 0 Å². The average Bonchev–Trinajstić information content (AvgIpc) is 2.65. The van der Waals surface area contributed by atoms with Gasteiger partial charge in [0.1, 0.15) is 0 Å². The third-order valence-electron chi connectivity index (χ3n) is 4.64. The van der Waals surface area contributed by atoms with Crippen LogP contribution in [0.5, 0.6) is 0 Å². The van der Waals surface area contributed by atoms with E-state index >= 15 is 0 Å². The van der Waals surface area contributed by atoms with Gasteiger partial charge in [-0.1, -0.05) is 24.3 Å². The van der Waals surface area contributed by atoms with Gasteiger partial charge in [-0.05, 0) is 66.5 Å². The van der Waals surface area contributed by atoms with Gasteiger partial charge in [-0.2, -0.15) is 0 Å². The number of hydrogen-bond donors (Lipinski definition) is 0. The smallest absolute Gasteiger partial charge is 0.254 e. The molecule has 0 radical (unpaired) electrons. The second-order valence-electron chi connectivity index (χ2n) is 6.09. The molecule has 0 N–H and O–H groups in total. The molecule has 1 aliphatic rings. The van der Waals surface area contributed by atoms with Crippen molar-refractivity contribution in [1.29, 1.82) is 0 Å². The highest BCUT2D eigenvalue weighted by Crippen LogP contribution is 2.31. The number of carbonyl (C=O) groups excluding carboxylic acids is 2. The molecule has 0 unspecified atom stereocenters. The number of rotatable bonds is 0. The molecule has 1 heterocycles. The Morgan fingerprint density at radius 1 is 0.538 bits per heavy atom. The molecule has 5 rings (SSSR count). The Morgan fingerprint density at radius 2 is 0.962 bits per heavy atom. The van der Waals surface area contributed by atoms with E-state index in [4.69, 9.17) is 0 Å². The van der Waals surface area contributed by atoms with Crippen LogP contribution in [-0.4, -0.2) is 11.6 Å². The molecule has 26 heavy (non-hydrogen) atoms. The third kappa shape index (κ3) is 2.00. The van der Waals surface area contributed by atoms with Crippen LogP contribution < -0.4 is 9.48 Å². The van der Waals surface area contributed by atoms with E-state index < -0.39 is 21.1 Å². The second-order valence-corrected chi connectivity index (χ2v) is 8.17. The molecule has 1 aromatic heterocycles. The molecule has 1 aliphatic carbocycles. The van der Waals surface area contributed by atoms with Crippen molar-refractivity contribution in [2.45, 2.75) is 0 Å². The highest BCUT2D eigenvalue weighted by Gasteiger charge is 2.34. The van der Waals surface area contributed by atoms with Crippen LogP contribution in [0, 0.1) is 0 Å². The molecule has 0 fully saturated rings. The van der Waals surface area contributed by atoms with Gasteiger partial charge in [0, 0.05) is 11.1 Å². The lowest BCUT2D eigenvalue weighted by atomic mass is 9.84. The number of fused-ring (bicyclic) bond motifs is 4. The van der Waals surface area contributed by atoms with E-state index in [9.17, 15) is 19.2 Å². The number of hydrogen-bond acceptors (Lipinski definition) is 6. The highest BCUT2D eigenvalue weighted by atomic mass is 32.9. The molecule has 4 aromatic rings. The number of carbonyl (C=O) groups is 2. The summed E-state index contributed by atoms with van der Waals surface area (Å²) in [6, 6.07) is 15.0. The van der Waals surface area contributed by atoms with Gasteiger partial charge in [0.25, 0.3) is 9.48 Å². The van der Waals surface area contributed by atoms with Crippen LogP contribution in [0.1, 0.15) is 31.8 Å². The van der Waals surface area contributed by atoms with Gasteiger partial charge in [0.2, 0.25) is 0 Å². The van der Waals surface area contributed by atoms with Gasteiger partial charge < -0.3 is 0 Å². The van der Waals surface area contributed by atoms with Gasteiger partial charge in [-0.25, -0.2) is 0 Å². The highest BCUT2D eigenvalue weighted by molar-refractivity contribution is 7.67. The van der Waals surface area contributed by atoms with E-state index in [0.717, 1.165) is 21.5 Å². The Balaban J connectivity index is 1.89. The summed E-state index contributed by atoms with van der Waals surface area (Å²) < 4.78 is -1.07. The van der Waals surface area contributed by atoms with E-state index in [2.05, 4.69) is 0 Å². The van der Waals surface area contributed by atoms with Crippen LogP contribution in [-0.2, 0) is 0 Å². The van der Waals surface area contributed by atoms with E-state index in [-0.39, 0.29) is 22.3 Å². The average molecular weight is 376 g/mol. The molecule has 4 nitrogen and oxygen atoms in total. The number of ketones is 2. The largest absolute Gasteiger partial charge is 0.288 e. The zero-order valence-corrected chi connectivity index (χ0v) is 14.7. The Kier molecular flexibility index (Phi) is 3.10. The molecular weight excluding hydrogens is 368 g/mol. The van der Waals surface area contributed by atoms with Crippen molar-refractivity contribution >= 4 is 53.8 Å². The summed E-state index contributed by atoms with van der Waals surface area (Å²) in [7, 11) is 1.39. The monoisotopic (exact) mass is 376 g/mol. The fraction of sp³-hybridized carbons (Fsp3) is 0. The first-order valence-electron chi connectivity index (χ1n) is 7.78. The minimum Gasteiger partial charge on any atom is -0.288 e. The fourth-order valence-electron chi connectivity index (χ4n) is 3.41. The van der Waals surface area contributed by atoms with Crippen LogP contribution in [0.25, 0.3) is 21.5 Å². The van der Waals surface area contributed by atoms with Crippen molar-refractivity contribution < 1.29 is 9.59 Å². The van der Waals surface area contributed by atoms with Crippen LogP contribution >= 0.6 is 20.7 Å². The zero-order valence-electron chi connectivity index (χ0n) is 13.1. The van der Waals surface area contributed by atoms with E-state index in [1.165, 1.54) is 0 Å². The number of benzene rings is 3. The van der Waals surface area contributed by atoms with Gasteiger partial charge in [0.15, 0.2) is 11.6 Å². The van der Waals surface area contributed by atoms with Crippen LogP contribution in [0.3, 0.4) is 0 Å². The van der Waals surface area contributed by atoms with Crippen LogP contribution in [0.15, 0.2) is 58.1 Å². The summed E-state index contributed by atoms with van der Waals surface area (Å²) in [6.07, 6.45) is 0. The van der Waals surface area contributed by atoms with Crippen molar-refractivity contribution in [3.8, 4) is 0 Å². The molecule has 0 bridgehead atoms. The topological polar surface area (TPSA) is 68.3 Å². The molecular formula is C20H8O4S2. The van der Waals surface area contributed by atoms with Crippen molar-refractivity contribution in [3.05, 3.63) is 89.9 Å². The normalized spacial score (nSPS) is 13.1. The van der Waals surface area contributed by atoms with Crippen molar-refractivity contribution in [2.75, 3.05) is 0 Å². The fourth-order valence-corrected chi connectivity index (χ4v) is 5.07. The summed E-state index contributed by atoms with van der Waals surface area (Å²) in [6.45, 7) is 0. The Hall–Kier alpha value is -2.96. The minimum absolute atomic E-state index is 0.185. The maximum absolute atomic E-state index is 12.9. The summed E-state index contributed by atoms with van der Waals surface area (Å²) >= 11 is 0. The Labute approximate surface area is 153 Å². The maximum atomic E-state index is 12.9. The molecule has 0 amide bonds. The van der Waals surface area contributed by atoms with E-state index in [1.807, 2.05) is 36.4 Å². The lowest BCUT2D eigenvalue weighted by Gasteiger charge is -2.16. The molecule has 0 spiro atoms. The van der Waals surface area contributed by atoms with Crippen LogP contribution in [0.4, 0.5) is 0 Å². The predicted molar refractivity (Wildman–Crippen MR) is 103 cm³/mol. The first-order chi connectivity index (χ1) is 12.5. The summed E-state index contributed by atoms with van der Waals surface area (Å²) in [5.74, 6) is -1.09. The summed E-state index contributed by atoms with van der Waals surface area (Å²) in [5.41, 5.74) is -0.192. The van der Waals surface area contributed by atoms with Crippen molar-refractivity contribution in [1.82, 2.24) is 0 Å².